The minimum Gasteiger partial charge on any atom is -0.306 e. The van der Waals surface area contributed by atoms with E-state index < -0.39 is 0 Å². The Morgan fingerprint density at radius 3 is 2.68 bits per heavy atom. The largest absolute Gasteiger partial charge is 0.306 e. The van der Waals surface area contributed by atoms with Crippen LogP contribution in [0.4, 0.5) is 4.39 Å². The molecule has 2 aromatic rings. The van der Waals surface area contributed by atoms with Crippen molar-refractivity contribution in [1.82, 2.24) is 15.3 Å². The van der Waals surface area contributed by atoms with E-state index >= 15 is 0 Å². The summed E-state index contributed by atoms with van der Waals surface area (Å²) in [6.45, 7) is 6.17. The van der Waals surface area contributed by atoms with Crippen LogP contribution in [-0.2, 0) is 6.42 Å². The van der Waals surface area contributed by atoms with Gasteiger partial charge in [-0.15, -0.1) is 11.3 Å². The van der Waals surface area contributed by atoms with Crippen LogP contribution in [0.5, 0.6) is 0 Å². The van der Waals surface area contributed by atoms with Crippen LogP contribution in [0.2, 0.25) is 0 Å². The molecule has 0 saturated heterocycles. The first-order valence-corrected chi connectivity index (χ1v) is 7.21. The van der Waals surface area contributed by atoms with Crippen molar-refractivity contribution in [2.75, 3.05) is 0 Å². The van der Waals surface area contributed by atoms with Gasteiger partial charge in [0.25, 0.3) is 0 Å². The predicted molar refractivity (Wildman–Crippen MR) is 75.8 cm³/mol. The number of pyridine rings is 1. The van der Waals surface area contributed by atoms with Crippen LogP contribution < -0.4 is 5.32 Å². The van der Waals surface area contributed by atoms with Gasteiger partial charge in [0, 0.05) is 17.8 Å². The van der Waals surface area contributed by atoms with E-state index in [9.17, 15) is 4.39 Å². The first-order valence-electron chi connectivity index (χ1n) is 6.33. The molecular formula is C14H18FN3S. The highest BCUT2D eigenvalue weighted by Crippen LogP contribution is 2.19. The zero-order valence-electron chi connectivity index (χ0n) is 11.4. The van der Waals surface area contributed by atoms with Gasteiger partial charge in [0.05, 0.1) is 28.6 Å². The topological polar surface area (TPSA) is 37.8 Å². The number of aryl methyl sites for hydroxylation is 1. The maximum atomic E-state index is 12.9. The standard InChI is InChI=1S/C14H18FN3S/c1-9(2)17-14(6-12-8-19-10(3)18-12)13-5-4-11(15)7-16-13/h4-5,7-9,14,17H,6H2,1-3H3. The minimum atomic E-state index is -0.309. The van der Waals surface area contributed by atoms with Gasteiger partial charge >= 0.3 is 0 Å². The molecule has 5 heteroatoms. The molecule has 0 fully saturated rings. The van der Waals surface area contributed by atoms with Crippen molar-refractivity contribution >= 4 is 11.3 Å². The van der Waals surface area contributed by atoms with Gasteiger partial charge in [-0.05, 0) is 19.1 Å². The summed E-state index contributed by atoms with van der Waals surface area (Å²) in [5, 5.41) is 6.58. The summed E-state index contributed by atoms with van der Waals surface area (Å²) < 4.78 is 12.9. The van der Waals surface area contributed by atoms with Gasteiger partial charge < -0.3 is 5.32 Å². The minimum absolute atomic E-state index is 0.0575. The Bertz CT molecular complexity index is 522. The SMILES string of the molecule is Cc1nc(CC(NC(C)C)c2ccc(F)cn2)cs1. The number of hydrogen-bond acceptors (Lipinski definition) is 4. The van der Waals surface area contributed by atoms with E-state index in [1.807, 2.05) is 6.92 Å². The van der Waals surface area contributed by atoms with Gasteiger partial charge in [0.1, 0.15) is 5.82 Å². The molecule has 102 valence electrons. The molecule has 0 aliphatic carbocycles. The molecule has 0 aliphatic heterocycles. The molecule has 0 saturated carbocycles. The third-order valence-electron chi connectivity index (χ3n) is 2.72. The second-order valence-corrected chi connectivity index (χ2v) is 5.90. The summed E-state index contributed by atoms with van der Waals surface area (Å²) in [6.07, 6.45) is 2.03. The molecule has 1 atom stereocenters. The third kappa shape index (κ3) is 4.08. The van der Waals surface area contributed by atoms with Crippen LogP contribution in [0, 0.1) is 12.7 Å². The summed E-state index contributed by atoms with van der Waals surface area (Å²) in [5.41, 5.74) is 1.90. The molecule has 0 spiro atoms. The lowest BCUT2D eigenvalue weighted by Crippen LogP contribution is -2.30. The maximum absolute atomic E-state index is 12.9. The van der Waals surface area contributed by atoms with Gasteiger partial charge in [-0.25, -0.2) is 9.37 Å². The van der Waals surface area contributed by atoms with E-state index in [-0.39, 0.29) is 11.9 Å². The van der Waals surface area contributed by atoms with Crippen molar-refractivity contribution in [2.45, 2.75) is 39.3 Å². The van der Waals surface area contributed by atoms with E-state index in [1.165, 1.54) is 12.3 Å². The van der Waals surface area contributed by atoms with Crippen LogP contribution in [0.25, 0.3) is 0 Å². The van der Waals surface area contributed by atoms with Crippen LogP contribution in [0.3, 0.4) is 0 Å². The molecular weight excluding hydrogens is 261 g/mol. The highest BCUT2D eigenvalue weighted by atomic mass is 32.1. The fraction of sp³-hybridized carbons (Fsp3) is 0.429. The average Bonchev–Trinajstić information content (AvgIpc) is 2.74. The molecule has 0 bridgehead atoms. The molecule has 0 radical (unpaired) electrons. The number of hydrogen-bond donors (Lipinski definition) is 1. The van der Waals surface area contributed by atoms with Crippen molar-refractivity contribution in [3.8, 4) is 0 Å². The van der Waals surface area contributed by atoms with E-state index in [2.05, 4.69) is 34.5 Å². The average molecular weight is 279 g/mol. The fourth-order valence-electron chi connectivity index (χ4n) is 1.96. The molecule has 2 heterocycles. The monoisotopic (exact) mass is 279 g/mol. The lowest BCUT2D eigenvalue weighted by Gasteiger charge is -2.20. The first kappa shape index (κ1) is 14.1. The normalized spacial score (nSPS) is 12.9. The Kier molecular flexibility index (Phi) is 4.61. The first-order chi connectivity index (χ1) is 9.04. The zero-order valence-corrected chi connectivity index (χ0v) is 12.2. The smallest absolute Gasteiger partial charge is 0.141 e. The van der Waals surface area contributed by atoms with E-state index in [1.54, 1.807) is 17.4 Å². The van der Waals surface area contributed by atoms with Gasteiger partial charge in [0.15, 0.2) is 0 Å². The summed E-state index contributed by atoms with van der Waals surface area (Å²) >= 11 is 1.64. The molecule has 1 N–H and O–H groups in total. The second-order valence-electron chi connectivity index (χ2n) is 4.84. The van der Waals surface area contributed by atoms with Gasteiger partial charge in [0.2, 0.25) is 0 Å². The Balaban J connectivity index is 2.17. The molecule has 2 aromatic heterocycles. The lowest BCUT2D eigenvalue weighted by molar-refractivity contribution is 0.461. The molecule has 2 rings (SSSR count). The molecule has 19 heavy (non-hydrogen) atoms. The number of halogens is 1. The van der Waals surface area contributed by atoms with Crippen molar-refractivity contribution in [1.29, 1.82) is 0 Å². The predicted octanol–water partition coefficient (Wildman–Crippen LogP) is 3.27. The van der Waals surface area contributed by atoms with Gasteiger partial charge in [-0.3, -0.25) is 4.98 Å². The summed E-state index contributed by atoms with van der Waals surface area (Å²) in [5.74, 6) is -0.309. The van der Waals surface area contributed by atoms with E-state index in [0.29, 0.717) is 6.04 Å². The van der Waals surface area contributed by atoms with E-state index in [4.69, 9.17) is 0 Å². The fourth-order valence-corrected chi connectivity index (χ4v) is 2.58. The van der Waals surface area contributed by atoms with Crippen LogP contribution in [0.15, 0.2) is 23.7 Å². The highest BCUT2D eigenvalue weighted by molar-refractivity contribution is 7.09. The molecule has 3 nitrogen and oxygen atoms in total. The quantitative estimate of drug-likeness (QED) is 0.913. The lowest BCUT2D eigenvalue weighted by atomic mass is 10.1. The molecule has 0 aliphatic rings. The second kappa shape index (κ2) is 6.21. The van der Waals surface area contributed by atoms with Gasteiger partial charge in [-0.1, -0.05) is 13.8 Å². The van der Waals surface area contributed by atoms with Crippen molar-refractivity contribution in [3.05, 3.63) is 45.9 Å². The summed E-state index contributed by atoms with van der Waals surface area (Å²) in [6, 6.07) is 3.57. The van der Waals surface area contributed by atoms with Crippen molar-refractivity contribution < 1.29 is 4.39 Å². The Hall–Kier alpha value is -1.33. The van der Waals surface area contributed by atoms with E-state index in [0.717, 1.165) is 22.8 Å². The van der Waals surface area contributed by atoms with Crippen LogP contribution in [-0.4, -0.2) is 16.0 Å². The highest BCUT2D eigenvalue weighted by Gasteiger charge is 2.16. The number of thiazole rings is 1. The Morgan fingerprint density at radius 2 is 2.16 bits per heavy atom. The molecule has 1 unspecified atom stereocenters. The number of aromatic nitrogens is 2. The van der Waals surface area contributed by atoms with Crippen molar-refractivity contribution in [3.63, 3.8) is 0 Å². The maximum Gasteiger partial charge on any atom is 0.141 e. The Morgan fingerprint density at radius 1 is 1.37 bits per heavy atom. The molecule has 0 aromatic carbocycles. The summed E-state index contributed by atoms with van der Waals surface area (Å²) in [7, 11) is 0. The number of nitrogens with zero attached hydrogens (tertiary/aromatic N) is 2. The van der Waals surface area contributed by atoms with Gasteiger partial charge in [-0.2, -0.15) is 0 Å². The molecule has 0 amide bonds. The third-order valence-corrected chi connectivity index (χ3v) is 3.54. The van der Waals surface area contributed by atoms with Crippen LogP contribution >= 0.6 is 11.3 Å². The number of rotatable bonds is 5. The Labute approximate surface area is 116 Å². The summed E-state index contributed by atoms with van der Waals surface area (Å²) in [4.78, 5) is 8.65. The zero-order chi connectivity index (χ0) is 13.8. The van der Waals surface area contributed by atoms with Crippen molar-refractivity contribution in [2.24, 2.45) is 0 Å². The number of nitrogens with one attached hydrogen (secondary N) is 1. The van der Waals surface area contributed by atoms with Crippen LogP contribution in [0.1, 0.15) is 36.3 Å².